The van der Waals surface area contributed by atoms with E-state index in [1.807, 2.05) is 13.0 Å². The van der Waals surface area contributed by atoms with Crippen LogP contribution in [0.15, 0.2) is 18.2 Å². The molecule has 5 nitrogen and oxygen atoms in total. The molecule has 1 heterocycles. The molecule has 0 amide bonds. The Bertz CT molecular complexity index is 673. The number of rotatable bonds is 6. The number of aliphatic hydroxyl groups excluding tert-OH is 1. The number of hydrogen-bond donors (Lipinski definition) is 2. The van der Waals surface area contributed by atoms with Crippen LogP contribution in [0.4, 0.5) is 0 Å². The Morgan fingerprint density at radius 2 is 2.24 bits per heavy atom. The van der Waals surface area contributed by atoms with E-state index in [9.17, 15) is 9.90 Å². The molecule has 21 heavy (non-hydrogen) atoms. The normalized spacial score (nSPS) is 16.3. The van der Waals surface area contributed by atoms with E-state index in [4.69, 9.17) is 5.11 Å². The molecule has 1 unspecified atom stereocenters. The van der Waals surface area contributed by atoms with E-state index in [1.165, 1.54) is 0 Å². The number of aryl methyl sites for hydroxylation is 1. The molecule has 2 aromatic rings. The second-order valence-corrected chi connectivity index (χ2v) is 5.76. The highest BCUT2D eigenvalue weighted by Gasteiger charge is 2.29. The minimum atomic E-state index is -0.930. The number of carbonyl (C=O) groups is 1. The molecule has 5 heteroatoms. The first-order chi connectivity index (χ1) is 10.1. The fourth-order valence-corrected chi connectivity index (χ4v) is 2.65. The van der Waals surface area contributed by atoms with Crippen molar-refractivity contribution in [1.29, 1.82) is 0 Å². The van der Waals surface area contributed by atoms with Crippen molar-refractivity contribution in [2.45, 2.75) is 51.2 Å². The summed E-state index contributed by atoms with van der Waals surface area (Å²) in [6.07, 6.45) is 3.43. The Hall–Kier alpha value is -1.88. The van der Waals surface area contributed by atoms with Gasteiger partial charge in [0.2, 0.25) is 0 Å². The molecule has 1 atom stereocenters. The van der Waals surface area contributed by atoms with E-state index >= 15 is 0 Å². The summed E-state index contributed by atoms with van der Waals surface area (Å²) in [4.78, 5) is 15.7. The summed E-state index contributed by atoms with van der Waals surface area (Å²) >= 11 is 0. The van der Waals surface area contributed by atoms with Crippen molar-refractivity contribution in [1.82, 2.24) is 9.55 Å². The lowest BCUT2D eigenvalue weighted by atomic mass is 10.2. The smallest absolute Gasteiger partial charge is 0.335 e. The molecular formula is C16H20N2O3. The van der Waals surface area contributed by atoms with Gasteiger partial charge in [-0.2, -0.15) is 0 Å². The van der Waals surface area contributed by atoms with Gasteiger partial charge in [-0.1, -0.05) is 6.92 Å². The Labute approximate surface area is 123 Å². The van der Waals surface area contributed by atoms with Crippen LogP contribution in [0.25, 0.3) is 11.0 Å². The highest BCUT2D eigenvalue weighted by molar-refractivity contribution is 5.92. The summed E-state index contributed by atoms with van der Waals surface area (Å²) in [5.74, 6) is 0.598. The first-order valence-electron chi connectivity index (χ1n) is 7.51. The van der Waals surface area contributed by atoms with Crippen molar-refractivity contribution in [3.63, 3.8) is 0 Å². The Morgan fingerprint density at radius 1 is 1.48 bits per heavy atom. The first-order valence-corrected chi connectivity index (χ1v) is 7.51. The molecule has 1 aromatic carbocycles. The van der Waals surface area contributed by atoms with Crippen LogP contribution in [0.3, 0.4) is 0 Å². The van der Waals surface area contributed by atoms with Crippen molar-refractivity contribution in [2.75, 3.05) is 0 Å². The summed E-state index contributed by atoms with van der Waals surface area (Å²) in [7, 11) is 0. The SMILES string of the molecule is CCC(O)CCn1c(C2CC2)nc2cc(C(=O)O)ccc21. The quantitative estimate of drug-likeness (QED) is 0.857. The van der Waals surface area contributed by atoms with E-state index in [2.05, 4.69) is 9.55 Å². The highest BCUT2D eigenvalue weighted by Crippen LogP contribution is 2.40. The zero-order valence-electron chi connectivity index (χ0n) is 12.1. The number of aliphatic hydroxyl groups is 1. The van der Waals surface area contributed by atoms with Gasteiger partial charge in [-0.25, -0.2) is 9.78 Å². The Balaban J connectivity index is 1.99. The molecule has 1 fully saturated rings. The number of carboxylic acids is 1. The van der Waals surface area contributed by atoms with Crippen molar-refractivity contribution in [3.05, 3.63) is 29.6 Å². The van der Waals surface area contributed by atoms with Crippen LogP contribution in [0.2, 0.25) is 0 Å². The largest absolute Gasteiger partial charge is 0.478 e. The van der Waals surface area contributed by atoms with E-state index in [0.29, 0.717) is 12.3 Å². The van der Waals surface area contributed by atoms with Gasteiger partial charge in [0.25, 0.3) is 0 Å². The number of carboxylic acid groups (broad SMARTS) is 1. The summed E-state index contributed by atoms with van der Waals surface area (Å²) in [5.41, 5.74) is 1.97. The second kappa shape index (κ2) is 5.48. The van der Waals surface area contributed by atoms with Crippen LogP contribution in [-0.4, -0.2) is 31.8 Å². The van der Waals surface area contributed by atoms with Gasteiger partial charge in [-0.05, 0) is 43.9 Å². The third-order valence-corrected chi connectivity index (χ3v) is 4.12. The zero-order chi connectivity index (χ0) is 15.0. The molecule has 0 saturated heterocycles. The zero-order valence-corrected chi connectivity index (χ0v) is 12.1. The fourth-order valence-electron chi connectivity index (χ4n) is 2.65. The van der Waals surface area contributed by atoms with E-state index in [0.717, 1.165) is 42.7 Å². The number of hydrogen-bond acceptors (Lipinski definition) is 3. The van der Waals surface area contributed by atoms with Gasteiger partial charge in [0.05, 0.1) is 22.7 Å². The molecule has 1 aliphatic carbocycles. The fraction of sp³-hybridized carbons (Fsp3) is 0.500. The number of aromatic carboxylic acids is 1. The van der Waals surface area contributed by atoms with E-state index in [1.54, 1.807) is 12.1 Å². The molecule has 0 spiro atoms. The maximum absolute atomic E-state index is 11.1. The summed E-state index contributed by atoms with van der Waals surface area (Å²) in [5, 5.41) is 18.9. The van der Waals surface area contributed by atoms with Crippen molar-refractivity contribution in [3.8, 4) is 0 Å². The van der Waals surface area contributed by atoms with E-state index in [-0.39, 0.29) is 11.7 Å². The standard InChI is InChI=1S/C16H20N2O3/c1-2-12(19)7-8-18-14-6-5-11(16(20)21)9-13(14)17-15(18)10-3-4-10/h5-6,9-10,12,19H,2-4,7-8H2,1H3,(H,20,21). The molecule has 1 aromatic heterocycles. The number of fused-ring (bicyclic) bond motifs is 1. The van der Waals surface area contributed by atoms with Crippen LogP contribution in [0.1, 0.15) is 54.7 Å². The summed E-state index contributed by atoms with van der Waals surface area (Å²) < 4.78 is 2.15. The lowest BCUT2D eigenvalue weighted by Crippen LogP contribution is -2.11. The predicted octanol–water partition coefficient (Wildman–Crippen LogP) is 2.77. The van der Waals surface area contributed by atoms with Gasteiger partial charge in [0.1, 0.15) is 5.82 Å². The molecule has 0 radical (unpaired) electrons. The van der Waals surface area contributed by atoms with Crippen LogP contribution >= 0.6 is 0 Å². The number of aromatic nitrogens is 2. The van der Waals surface area contributed by atoms with Crippen LogP contribution in [0, 0.1) is 0 Å². The third kappa shape index (κ3) is 2.78. The molecule has 112 valence electrons. The highest BCUT2D eigenvalue weighted by atomic mass is 16.4. The minimum Gasteiger partial charge on any atom is -0.478 e. The van der Waals surface area contributed by atoms with Crippen molar-refractivity contribution >= 4 is 17.0 Å². The van der Waals surface area contributed by atoms with Crippen molar-refractivity contribution < 1.29 is 15.0 Å². The maximum atomic E-state index is 11.1. The first kappa shape index (κ1) is 14.1. The summed E-state index contributed by atoms with van der Waals surface area (Å²) in [6, 6.07) is 5.09. The lowest BCUT2D eigenvalue weighted by molar-refractivity contribution is 0.0697. The van der Waals surface area contributed by atoms with Gasteiger partial charge in [-0.15, -0.1) is 0 Å². The Morgan fingerprint density at radius 3 is 2.86 bits per heavy atom. The molecule has 1 aliphatic rings. The average molecular weight is 288 g/mol. The van der Waals surface area contributed by atoms with Crippen LogP contribution in [-0.2, 0) is 6.54 Å². The average Bonchev–Trinajstić information content (AvgIpc) is 3.26. The lowest BCUT2D eigenvalue weighted by Gasteiger charge is -2.11. The maximum Gasteiger partial charge on any atom is 0.335 e. The molecule has 0 aliphatic heterocycles. The van der Waals surface area contributed by atoms with Crippen LogP contribution < -0.4 is 0 Å². The molecule has 1 saturated carbocycles. The molecule has 2 N–H and O–H groups in total. The predicted molar refractivity (Wildman–Crippen MR) is 79.6 cm³/mol. The van der Waals surface area contributed by atoms with E-state index < -0.39 is 5.97 Å². The number of benzene rings is 1. The topological polar surface area (TPSA) is 75.3 Å². The third-order valence-electron chi connectivity index (χ3n) is 4.12. The monoisotopic (exact) mass is 288 g/mol. The van der Waals surface area contributed by atoms with Gasteiger partial charge in [0, 0.05) is 12.5 Å². The second-order valence-electron chi connectivity index (χ2n) is 5.76. The van der Waals surface area contributed by atoms with Crippen LogP contribution in [0.5, 0.6) is 0 Å². The van der Waals surface area contributed by atoms with Gasteiger partial charge >= 0.3 is 5.97 Å². The van der Waals surface area contributed by atoms with Crippen molar-refractivity contribution in [2.24, 2.45) is 0 Å². The summed E-state index contributed by atoms with van der Waals surface area (Å²) in [6.45, 7) is 2.70. The number of imidazole rings is 1. The Kier molecular flexibility index (Phi) is 3.68. The molecular weight excluding hydrogens is 268 g/mol. The van der Waals surface area contributed by atoms with Gasteiger partial charge in [-0.3, -0.25) is 0 Å². The minimum absolute atomic E-state index is 0.267. The number of nitrogens with zero attached hydrogens (tertiary/aromatic N) is 2. The molecule has 0 bridgehead atoms. The molecule has 3 rings (SSSR count). The van der Waals surface area contributed by atoms with Gasteiger partial charge < -0.3 is 14.8 Å². The van der Waals surface area contributed by atoms with Gasteiger partial charge in [0.15, 0.2) is 0 Å².